The summed E-state index contributed by atoms with van der Waals surface area (Å²) in [7, 11) is 0. The van der Waals surface area contributed by atoms with Gasteiger partial charge in [0.15, 0.2) is 0 Å². The molecule has 1 heterocycles. The van der Waals surface area contributed by atoms with E-state index >= 15 is 0 Å². The molecule has 1 aromatic rings. The third kappa shape index (κ3) is 2.41. The Balaban J connectivity index is 0.000000396. The molecule has 2 rings (SSSR count). The van der Waals surface area contributed by atoms with E-state index in [9.17, 15) is 0 Å². The maximum atomic E-state index is 5.53. The lowest BCUT2D eigenvalue weighted by atomic mass is 10.2. The van der Waals surface area contributed by atoms with Crippen LogP contribution in [0, 0.1) is 6.92 Å². The smallest absolute Gasteiger partial charge is 0.135 e. The van der Waals surface area contributed by atoms with Crippen molar-refractivity contribution in [3.63, 3.8) is 0 Å². The molecule has 0 N–H and O–H groups in total. The van der Waals surface area contributed by atoms with Crippen LogP contribution in [0.15, 0.2) is 23.1 Å². The van der Waals surface area contributed by atoms with Gasteiger partial charge in [-0.25, -0.2) is 0 Å². The minimum absolute atomic E-state index is 0.850. The van der Waals surface area contributed by atoms with E-state index in [0.717, 1.165) is 18.1 Å². The van der Waals surface area contributed by atoms with Gasteiger partial charge in [0.2, 0.25) is 0 Å². The maximum Gasteiger partial charge on any atom is 0.135 e. The Labute approximate surface area is 84.5 Å². The molecule has 2 heteroatoms. The summed E-state index contributed by atoms with van der Waals surface area (Å²) in [5, 5.41) is 0. The van der Waals surface area contributed by atoms with Crippen LogP contribution in [-0.4, -0.2) is 12.4 Å². The molecule has 1 nitrogen and oxygen atoms in total. The van der Waals surface area contributed by atoms with Crippen LogP contribution in [0.3, 0.4) is 0 Å². The molecular formula is C11H16OS. The van der Waals surface area contributed by atoms with Gasteiger partial charge in [-0.15, -0.1) is 11.8 Å². The highest BCUT2D eigenvalue weighted by atomic mass is 32.2. The molecule has 0 saturated heterocycles. The standard InChI is InChI=1S/C9H10OS.C2H6/c1-7-3-2-4-8-9(7)10-5-6-11-8;1-2/h2-4H,5-6H2,1H3;1-2H3. The molecule has 0 aliphatic carbocycles. The summed E-state index contributed by atoms with van der Waals surface area (Å²) in [6.07, 6.45) is 0. The molecular weight excluding hydrogens is 180 g/mol. The van der Waals surface area contributed by atoms with Crippen LogP contribution in [0.25, 0.3) is 0 Å². The van der Waals surface area contributed by atoms with Crippen molar-refractivity contribution in [2.24, 2.45) is 0 Å². The molecule has 0 aromatic heterocycles. The summed E-state index contributed by atoms with van der Waals surface area (Å²) in [6.45, 7) is 6.94. The number of para-hydroxylation sites is 1. The third-order valence-electron chi connectivity index (χ3n) is 1.76. The fraction of sp³-hybridized carbons (Fsp3) is 0.455. The van der Waals surface area contributed by atoms with Crippen molar-refractivity contribution in [2.45, 2.75) is 25.7 Å². The number of ether oxygens (including phenoxy) is 1. The number of benzene rings is 1. The predicted octanol–water partition coefficient (Wildman–Crippen LogP) is 3.51. The van der Waals surface area contributed by atoms with E-state index in [4.69, 9.17) is 4.74 Å². The molecule has 1 aliphatic rings. The lowest BCUT2D eigenvalue weighted by Gasteiger charge is -2.17. The molecule has 72 valence electrons. The number of aryl methyl sites for hydroxylation is 1. The fourth-order valence-corrected chi connectivity index (χ4v) is 2.13. The topological polar surface area (TPSA) is 9.23 Å². The summed E-state index contributed by atoms with van der Waals surface area (Å²) >= 11 is 1.88. The quantitative estimate of drug-likeness (QED) is 0.628. The van der Waals surface area contributed by atoms with Crippen LogP contribution in [0.1, 0.15) is 19.4 Å². The zero-order valence-electron chi connectivity index (χ0n) is 8.46. The average molecular weight is 196 g/mol. The number of rotatable bonds is 0. The molecule has 0 unspecified atom stereocenters. The van der Waals surface area contributed by atoms with Gasteiger partial charge < -0.3 is 4.74 Å². The normalized spacial score (nSPS) is 13.5. The van der Waals surface area contributed by atoms with Crippen LogP contribution < -0.4 is 4.74 Å². The zero-order chi connectivity index (χ0) is 9.68. The van der Waals surface area contributed by atoms with Gasteiger partial charge in [-0.3, -0.25) is 0 Å². The Bertz CT molecular complexity index is 271. The van der Waals surface area contributed by atoms with Gasteiger partial charge in [-0.2, -0.15) is 0 Å². The number of hydrogen-bond acceptors (Lipinski definition) is 2. The molecule has 0 saturated carbocycles. The van der Waals surface area contributed by atoms with Crippen molar-refractivity contribution >= 4 is 11.8 Å². The van der Waals surface area contributed by atoms with Gasteiger partial charge >= 0.3 is 0 Å². The summed E-state index contributed by atoms with van der Waals surface area (Å²) in [4.78, 5) is 1.29. The summed E-state index contributed by atoms with van der Waals surface area (Å²) < 4.78 is 5.53. The molecule has 0 radical (unpaired) electrons. The monoisotopic (exact) mass is 196 g/mol. The van der Waals surface area contributed by atoms with Crippen molar-refractivity contribution in [3.05, 3.63) is 23.8 Å². The summed E-state index contributed by atoms with van der Waals surface area (Å²) in [5.41, 5.74) is 1.25. The van der Waals surface area contributed by atoms with E-state index < -0.39 is 0 Å². The zero-order valence-corrected chi connectivity index (χ0v) is 9.28. The molecule has 1 aromatic carbocycles. The Hall–Kier alpha value is -0.630. The second-order valence-corrected chi connectivity index (χ2v) is 3.74. The first-order chi connectivity index (χ1) is 6.38. The largest absolute Gasteiger partial charge is 0.491 e. The lowest BCUT2D eigenvalue weighted by Crippen LogP contribution is -2.07. The van der Waals surface area contributed by atoms with Crippen molar-refractivity contribution in [3.8, 4) is 5.75 Å². The Kier molecular flexibility index (Phi) is 4.16. The maximum absolute atomic E-state index is 5.53. The minimum Gasteiger partial charge on any atom is -0.491 e. The highest BCUT2D eigenvalue weighted by Crippen LogP contribution is 2.35. The molecule has 0 atom stereocenters. The van der Waals surface area contributed by atoms with Crippen molar-refractivity contribution < 1.29 is 4.74 Å². The molecule has 0 spiro atoms. The SMILES string of the molecule is CC.Cc1cccc2c1OCCS2. The van der Waals surface area contributed by atoms with Gasteiger partial charge in [-0.1, -0.05) is 26.0 Å². The van der Waals surface area contributed by atoms with Gasteiger partial charge in [0.1, 0.15) is 5.75 Å². The third-order valence-corrected chi connectivity index (χ3v) is 2.77. The van der Waals surface area contributed by atoms with E-state index in [1.807, 2.05) is 25.6 Å². The van der Waals surface area contributed by atoms with E-state index in [1.54, 1.807) is 0 Å². The highest BCUT2D eigenvalue weighted by Gasteiger charge is 2.11. The average Bonchev–Trinajstić information content (AvgIpc) is 2.22. The highest BCUT2D eigenvalue weighted by molar-refractivity contribution is 7.99. The van der Waals surface area contributed by atoms with Crippen molar-refractivity contribution in [2.75, 3.05) is 12.4 Å². The van der Waals surface area contributed by atoms with Crippen molar-refractivity contribution in [1.29, 1.82) is 0 Å². The first-order valence-electron chi connectivity index (χ1n) is 4.73. The van der Waals surface area contributed by atoms with E-state index in [1.165, 1.54) is 10.5 Å². The van der Waals surface area contributed by atoms with E-state index in [0.29, 0.717) is 0 Å². The number of thioether (sulfide) groups is 1. The van der Waals surface area contributed by atoms with Crippen LogP contribution in [-0.2, 0) is 0 Å². The van der Waals surface area contributed by atoms with Gasteiger partial charge in [-0.05, 0) is 18.6 Å². The van der Waals surface area contributed by atoms with Crippen molar-refractivity contribution in [1.82, 2.24) is 0 Å². The fourth-order valence-electron chi connectivity index (χ4n) is 1.22. The molecule has 0 bridgehead atoms. The summed E-state index contributed by atoms with van der Waals surface area (Å²) in [6, 6.07) is 6.28. The lowest BCUT2D eigenvalue weighted by molar-refractivity contribution is 0.327. The second kappa shape index (κ2) is 5.18. The Morgan fingerprint density at radius 2 is 2.08 bits per heavy atom. The summed E-state index contributed by atoms with van der Waals surface area (Å²) in [5.74, 6) is 2.17. The molecule has 13 heavy (non-hydrogen) atoms. The number of hydrogen-bond donors (Lipinski definition) is 0. The van der Waals surface area contributed by atoms with Crippen LogP contribution in [0.2, 0.25) is 0 Å². The predicted molar refractivity (Wildman–Crippen MR) is 58.7 cm³/mol. The van der Waals surface area contributed by atoms with Crippen LogP contribution in [0.5, 0.6) is 5.75 Å². The first-order valence-corrected chi connectivity index (χ1v) is 5.72. The first kappa shape index (κ1) is 10.5. The Morgan fingerprint density at radius 1 is 1.31 bits per heavy atom. The Morgan fingerprint density at radius 3 is 2.77 bits per heavy atom. The number of fused-ring (bicyclic) bond motifs is 1. The van der Waals surface area contributed by atoms with Gasteiger partial charge in [0.25, 0.3) is 0 Å². The van der Waals surface area contributed by atoms with Gasteiger partial charge in [0, 0.05) is 10.6 Å². The van der Waals surface area contributed by atoms with E-state index in [2.05, 4.69) is 25.1 Å². The molecule has 0 amide bonds. The van der Waals surface area contributed by atoms with Crippen LogP contribution >= 0.6 is 11.8 Å². The molecule has 0 fully saturated rings. The van der Waals surface area contributed by atoms with E-state index in [-0.39, 0.29) is 0 Å². The van der Waals surface area contributed by atoms with Crippen LogP contribution in [0.4, 0.5) is 0 Å². The molecule has 1 aliphatic heterocycles. The second-order valence-electron chi connectivity index (χ2n) is 2.60. The minimum atomic E-state index is 0.850. The van der Waals surface area contributed by atoms with Gasteiger partial charge in [0.05, 0.1) is 6.61 Å².